The number of nitrogens with one attached hydrogen (secondary N) is 2. The Hall–Kier alpha value is -2.95. The molecule has 0 atom stereocenters. The normalized spacial score (nSPS) is 13.0. The van der Waals surface area contributed by atoms with Crippen molar-refractivity contribution in [3.8, 4) is 11.5 Å². The van der Waals surface area contributed by atoms with Crippen LogP contribution in [0.4, 0.5) is 5.69 Å². The quantitative estimate of drug-likeness (QED) is 0.777. The van der Waals surface area contributed by atoms with Gasteiger partial charge in [0.25, 0.3) is 0 Å². The highest BCUT2D eigenvalue weighted by Gasteiger charge is 2.29. The molecule has 0 aliphatic carbocycles. The molecule has 0 saturated heterocycles. The van der Waals surface area contributed by atoms with Crippen LogP contribution in [0.2, 0.25) is 0 Å². The van der Waals surface area contributed by atoms with Gasteiger partial charge in [0.15, 0.2) is 11.5 Å². The standard InChI is InChI=1S/C18H16N2O3/c1-22-17-16-13(9-14(21)20-16)12-7-8-19-15(12)18(17)23-10-11-5-3-2-4-6-11/h2-8,19H,9-10H2,1H3,(H,20,21). The van der Waals surface area contributed by atoms with Crippen molar-refractivity contribution in [2.75, 3.05) is 12.4 Å². The largest absolute Gasteiger partial charge is 0.491 e. The van der Waals surface area contributed by atoms with Gasteiger partial charge >= 0.3 is 0 Å². The highest BCUT2D eigenvalue weighted by molar-refractivity contribution is 6.09. The smallest absolute Gasteiger partial charge is 0.229 e. The maximum atomic E-state index is 11.8. The van der Waals surface area contributed by atoms with E-state index in [0.29, 0.717) is 30.2 Å². The molecular weight excluding hydrogens is 292 g/mol. The zero-order valence-corrected chi connectivity index (χ0v) is 12.7. The Morgan fingerprint density at radius 2 is 1.96 bits per heavy atom. The van der Waals surface area contributed by atoms with Gasteiger partial charge in [-0.15, -0.1) is 0 Å². The monoisotopic (exact) mass is 308 g/mol. The molecule has 2 aromatic carbocycles. The van der Waals surface area contributed by atoms with Crippen LogP contribution in [0.25, 0.3) is 10.9 Å². The SMILES string of the molecule is COc1c2c(c3cc[nH]c3c1OCc1ccccc1)CC(=O)N2. The van der Waals surface area contributed by atoms with E-state index < -0.39 is 0 Å². The van der Waals surface area contributed by atoms with E-state index in [1.165, 1.54) is 0 Å². The third kappa shape index (κ3) is 2.21. The summed E-state index contributed by atoms with van der Waals surface area (Å²) in [7, 11) is 1.59. The van der Waals surface area contributed by atoms with Gasteiger partial charge in [-0.05, 0) is 17.2 Å². The van der Waals surface area contributed by atoms with Gasteiger partial charge < -0.3 is 19.8 Å². The van der Waals surface area contributed by atoms with E-state index in [4.69, 9.17) is 9.47 Å². The van der Waals surface area contributed by atoms with Gasteiger partial charge in [-0.1, -0.05) is 30.3 Å². The van der Waals surface area contributed by atoms with E-state index >= 15 is 0 Å². The van der Waals surface area contributed by atoms with E-state index in [1.807, 2.05) is 42.6 Å². The van der Waals surface area contributed by atoms with Crippen molar-refractivity contribution in [2.24, 2.45) is 0 Å². The van der Waals surface area contributed by atoms with Crippen molar-refractivity contribution >= 4 is 22.5 Å². The van der Waals surface area contributed by atoms with E-state index in [0.717, 1.165) is 22.0 Å². The second-order valence-electron chi connectivity index (χ2n) is 5.48. The zero-order chi connectivity index (χ0) is 15.8. The number of amides is 1. The molecule has 1 aromatic heterocycles. The van der Waals surface area contributed by atoms with Gasteiger partial charge in [-0.25, -0.2) is 0 Å². The van der Waals surface area contributed by atoms with Crippen LogP contribution in [-0.4, -0.2) is 18.0 Å². The first-order chi connectivity index (χ1) is 11.3. The number of carbonyl (C=O) groups is 1. The fraction of sp³-hybridized carbons (Fsp3) is 0.167. The van der Waals surface area contributed by atoms with E-state index in [2.05, 4.69) is 10.3 Å². The predicted octanol–water partition coefficient (Wildman–Crippen LogP) is 3.25. The van der Waals surface area contributed by atoms with Crippen molar-refractivity contribution in [3.63, 3.8) is 0 Å². The van der Waals surface area contributed by atoms with Crippen LogP contribution in [-0.2, 0) is 17.8 Å². The van der Waals surface area contributed by atoms with Crippen LogP contribution < -0.4 is 14.8 Å². The fourth-order valence-corrected chi connectivity index (χ4v) is 3.03. The van der Waals surface area contributed by atoms with Crippen LogP contribution in [0.5, 0.6) is 11.5 Å². The topological polar surface area (TPSA) is 63.4 Å². The molecular formula is C18H16N2O3. The number of benzene rings is 2. The summed E-state index contributed by atoms with van der Waals surface area (Å²) in [6.07, 6.45) is 2.21. The number of aromatic nitrogens is 1. The summed E-state index contributed by atoms with van der Waals surface area (Å²) >= 11 is 0. The van der Waals surface area contributed by atoms with E-state index in [-0.39, 0.29) is 5.91 Å². The first-order valence-corrected chi connectivity index (χ1v) is 7.44. The molecule has 0 bridgehead atoms. The molecule has 2 N–H and O–H groups in total. The Balaban J connectivity index is 1.81. The minimum atomic E-state index is -0.0268. The van der Waals surface area contributed by atoms with Gasteiger partial charge in [0.2, 0.25) is 5.91 Å². The van der Waals surface area contributed by atoms with Crippen molar-refractivity contribution in [1.29, 1.82) is 0 Å². The fourth-order valence-electron chi connectivity index (χ4n) is 3.03. The summed E-state index contributed by atoms with van der Waals surface area (Å²) in [6, 6.07) is 11.9. The Morgan fingerprint density at radius 3 is 2.74 bits per heavy atom. The van der Waals surface area contributed by atoms with Crippen LogP contribution in [0, 0.1) is 0 Å². The van der Waals surface area contributed by atoms with Crippen molar-refractivity contribution in [1.82, 2.24) is 4.98 Å². The highest BCUT2D eigenvalue weighted by atomic mass is 16.5. The molecule has 4 rings (SSSR count). The molecule has 0 fully saturated rings. The highest BCUT2D eigenvalue weighted by Crippen LogP contribution is 2.47. The molecule has 2 heterocycles. The first-order valence-electron chi connectivity index (χ1n) is 7.44. The third-order valence-electron chi connectivity index (χ3n) is 4.07. The summed E-state index contributed by atoms with van der Waals surface area (Å²) in [5.74, 6) is 1.16. The predicted molar refractivity (Wildman–Crippen MR) is 88.0 cm³/mol. The van der Waals surface area contributed by atoms with Crippen LogP contribution in [0.1, 0.15) is 11.1 Å². The molecule has 1 aliphatic heterocycles. The van der Waals surface area contributed by atoms with Crippen molar-refractivity contribution < 1.29 is 14.3 Å². The maximum Gasteiger partial charge on any atom is 0.229 e. The lowest BCUT2D eigenvalue weighted by molar-refractivity contribution is -0.115. The summed E-state index contributed by atoms with van der Waals surface area (Å²) in [5, 5.41) is 3.87. The maximum absolute atomic E-state index is 11.8. The molecule has 23 heavy (non-hydrogen) atoms. The van der Waals surface area contributed by atoms with Crippen LogP contribution >= 0.6 is 0 Å². The lowest BCUT2D eigenvalue weighted by Gasteiger charge is -2.16. The third-order valence-corrected chi connectivity index (χ3v) is 4.07. The summed E-state index contributed by atoms with van der Waals surface area (Å²) in [4.78, 5) is 15.0. The minimum Gasteiger partial charge on any atom is -0.491 e. The summed E-state index contributed by atoms with van der Waals surface area (Å²) < 4.78 is 11.6. The number of fused-ring (bicyclic) bond motifs is 3. The number of carbonyl (C=O) groups excluding carboxylic acids is 1. The molecule has 0 spiro atoms. The van der Waals surface area contributed by atoms with Crippen LogP contribution in [0.15, 0.2) is 42.6 Å². The Morgan fingerprint density at radius 1 is 1.13 bits per heavy atom. The lowest BCUT2D eigenvalue weighted by Crippen LogP contribution is -2.05. The number of hydrogen-bond acceptors (Lipinski definition) is 3. The number of hydrogen-bond donors (Lipinski definition) is 2. The molecule has 1 aliphatic rings. The molecule has 0 radical (unpaired) electrons. The van der Waals surface area contributed by atoms with Gasteiger partial charge in [-0.2, -0.15) is 0 Å². The molecule has 116 valence electrons. The molecule has 5 nitrogen and oxygen atoms in total. The number of H-pyrrole nitrogens is 1. The Kier molecular flexibility index (Phi) is 3.19. The van der Waals surface area contributed by atoms with Crippen molar-refractivity contribution in [2.45, 2.75) is 13.0 Å². The lowest BCUT2D eigenvalue weighted by atomic mass is 10.1. The first kappa shape index (κ1) is 13.7. The van der Waals surface area contributed by atoms with Gasteiger partial charge in [0.05, 0.1) is 24.7 Å². The van der Waals surface area contributed by atoms with Gasteiger partial charge in [-0.3, -0.25) is 4.79 Å². The zero-order valence-electron chi connectivity index (χ0n) is 12.7. The molecule has 5 heteroatoms. The Bertz CT molecular complexity index is 884. The average Bonchev–Trinajstić information content (AvgIpc) is 3.19. The second kappa shape index (κ2) is 5.35. The second-order valence-corrected chi connectivity index (χ2v) is 5.48. The number of methoxy groups -OCH3 is 1. The van der Waals surface area contributed by atoms with E-state index in [1.54, 1.807) is 7.11 Å². The van der Waals surface area contributed by atoms with E-state index in [9.17, 15) is 4.79 Å². The number of ether oxygens (including phenoxy) is 2. The Labute approximate surface area is 133 Å². The van der Waals surface area contributed by atoms with Crippen molar-refractivity contribution in [3.05, 3.63) is 53.7 Å². The number of aromatic amines is 1. The van der Waals surface area contributed by atoms with Gasteiger partial charge in [0.1, 0.15) is 6.61 Å². The number of rotatable bonds is 4. The number of anilines is 1. The molecule has 0 saturated carbocycles. The average molecular weight is 308 g/mol. The van der Waals surface area contributed by atoms with Gasteiger partial charge in [0, 0.05) is 11.6 Å². The summed E-state index contributed by atoms with van der Waals surface area (Å²) in [5.41, 5.74) is 3.59. The minimum absolute atomic E-state index is 0.0268. The molecule has 0 unspecified atom stereocenters. The summed E-state index contributed by atoms with van der Waals surface area (Å²) in [6.45, 7) is 0.429. The molecule has 3 aromatic rings. The molecule has 1 amide bonds. The van der Waals surface area contributed by atoms with Crippen LogP contribution in [0.3, 0.4) is 0 Å².